The zero-order valence-corrected chi connectivity index (χ0v) is 12.8. The molecule has 0 aliphatic carbocycles. The molecule has 1 atom stereocenters. The van der Waals surface area contributed by atoms with Gasteiger partial charge in [-0.2, -0.15) is 0 Å². The second kappa shape index (κ2) is 4.32. The van der Waals surface area contributed by atoms with Crippen LogP contribution < -0.4 is 0 Å². The molecular formula is C16H24N2O. The minimum Gasteiger partial charge on any atom is -0.331 e. The van der Waals surface area contributed by atoms with Gasteiger partial charge in [-0.1, -0.05) is 26.8 Å². The lowest BCUT2D eigenvalue weighted by atomic mass is 9.73. The molecule has 0 N–H and O–H groups in total. The second-order valence-electron chi connectivity index (χ2n) is 7.43. The predicted molar refractivity (Wildman–Crippen MR) is 76.7 cm³/mol. The van der Waals surface area contributed by atoms with Crippen molar-refractivity contribution in [2.45, 2.75) is 59.5 Å². The van der Waals surface area contributed by atoms with E-state index in [9.17, 15) is 4.79 Å². The lowest BCUT2D eigenvalue weighted by Gasteiger charge is -2.45. The van der Waals surface area contributed by atoms with Crippen molar-refractivity contribution in [3.8, 4) is 0 Å². The van der Waals surface area contributed by atoms with E-state index >= 15 is 0 Å². The summed E-state index contributed by atoms with van der Waals surface area (Å²) in [6.45, 7) is 13.2. The average Bonchev–Trinajstić information content (AvgIpc) is 2.24. The molecule has 0 bridgehead atoms. The molecular weight excluding hydrogens is 236 g/mol. The molecule has 104 valence electrons. The average molecular weight is 260 g/mol. The Balaban J connectivity index is 2.56. The number of carbonyl (C=O) groups excluding carboxylic acids is 1. The number of pyridine rings is 1. The van der Waals surface area contributed by atoms with Crippen LogP contribution in [-0.4, -0.2) is 21.3 Å². The molecule has 3 heteroatoms. The fraction of sp³-hybridized carbons (Fsp3) is 0.625. The largest absolute Gasteiger partial charge is 0.331 e. The van der Waals surface area contributed by atoms with E-state index in [0.29, 0.717) is 6.54 Å². The van der Waals surface area contributed by atoms with Crippen LogP contribution in [0.5, 0.6) is 0 Å². The highest BCUT2D eigenvalue weighted by molar-refractivity contribution is 5.87. The lowest BCUT2D eigenvalue weighted by molar-refractivity contribution is -0.142. The van der Waals surface area contributed by atoms with E-state index in [0.717, 1.165) is 11.3 Å². The number of carbonyl (C=O) groups is 1. The minimum atomic E-state index is -0.171. The van der Waals surface area contributed by atoms with Crippen LogP contribution >= 0.6 is 0 Å². The van der Waals surface area contributed by atoms with Gasteiger partial charge in [-0.05, 0) is 37.8 Å². The highest BCUT2D eigenvalue weighted by Crippen LogP contribution is 2.42. The van der Waals surface area contributed by atoms with Gasteiger partial charge in [0.1, 0.15) is 0 Å². The molecule has 1 aromatic heterocycles. The summed E-state index contributed by atoms with van der Waals surface area (Å²) in [5.41, 5.74) is 1.87. The van der Waals surface area contributed by atoms with Crippen molar-refractivity contribution in [1.82, 2.24) is 9.88 Å². The summed E-state index contributed by atoms with van der Waals surface area (Å²) >= 11 is 0. The van der Waals surface area contributed by atoms with Crippen molar-refractivity contribution in [2.75, 3.05) is 0 Å². The zero-order valence-electron chi connectivity index (χ0n) is 12.8. The molecule has 0 aromatic carbocycles. The number of hydrogen-bond acceptors (Lipinski definition) is 2. The molecule has 0 saturated carbocycles. The molecule has 0 spiro atoms. The maximum absolute atomic E-state index is 12.9. The molecule has 0 fully saturated rings. The van der Waals surface area contributed by atoms with Gasteiger partial charge in [-0.3, -0.25) is 9.78 Å². The predicted octanol–water partition coefficient (Wildman–Crippen LogP) is 3.35. The van der Waals surface area contributed by atoms with E-state index in [1.807, 2.05) is 17.2 Å². The summed E-state index contributed by atoms with van der Waals surface area (Å²) in [5.74, 6) is 0.115. The van der Waals surface area contributed by atoms with Crippen LogP contribution in [0.1, 0.15) is 58.7 Å². The maximum atomic E-state index is 12.9. The third-order valence-electron chi connectivity index (χ3n) is 3.73. The Morgan fingerprint density at radius 3 is 2.37 bits per heavy atom. The fourth-order valence-electron chi connectivity index (χ4n) is 2.77. The number of nitrogens with zero attached hydrogens (tertiary/aromatic N) is 2. The van der Waals surface area contributed by atoms with Gasteiger partial charge in [0.15, 0.2) is 0 Å². The number of hydrogen-bond donors (Lipinski definition) is 0. The third kappa shape index (κ3) is 2.51. The molecule has 3 nitrogen and oxygen atoms in total. The van der Waals surface area contributed by atoms with Gasteiger partial charge in [0.05, 0.1) is 18.2 Å². The molecule has 2 heterocycles. The Kier molecular flexibility index (Phi) is 3.20. The second-order valence-corrected chi connectivity index (χ2v) is 7.43. The Morgan fingerprint density at radius 2 is 1.84 bits per heavy atom. The van der Waals surface area contributed by atoms with Crippen LogP contribution in [0, 0.1) is 5.41 Å². The van der Waals surface area contributed by atoms with Gasteiger partial charge in [-0.25, -0.2) is 0 Å². The first-order valence-corrected chi connectivity index (χ1v) is 6.87. The van der Waals surface area contributed by atoms with E-state index in [2.05, 4.69) is 52.6 Å². The molecule has 1 aliphatic rings. The molecule has 1 aliphatic heterocycles. The monoisotopic (exact) mass is 260 g/mol. The summed E-state index contributed by atoms with van der Waals surface area (Å²) < 4.78 is 0. The summed E-state index contributed by atoms with van der Waals surface area (Å²) in [7, 11) is 0. The van der Waals surface area contributed by atoms with E-state index in [-0.39, 0.29) is 22.8 Å². The van der Waals surface area contributed by atoms with Crippen LogP contribution in [0.4, 0.5) is 0 Å². The number of aromatic nitrogens is 1. The van der Waals surface area contributed by atoms with Crippen LogP contribution in [0.2, 0.25) is 0 Å². The summed E-state index contributed by atoms with van der Waals surface area (Å²) in [6, 6.07) is 3.98. The highest BCUT2D eigenvalue weighted by Gasteiger charge is 2.43. The summed E-state index contributed by atoms with van der Waals surface area (Å²) in [5, 5.41) is 0. The lowest BCUT2D eigenvalue weighted by Crippen LogP contribution is -2.52. The van der Waals surface area contributed by atoms with Gasteiger partial charge < -0.3 is 4.90 Å². The standard InChI is InChI=1S/C16H24N2O/c1-15(2,3)13-11-8-7-9-17-12(11)10-18(14(13)19)16(4,5)6/h7-9,13H,10H2,1-6H3. The Morgan fingerprint density at radius 1 is 1.21 bits per heavy atom. The van der Waals surface area contributed by atoms with E-state index in [1.165, 1.54) is 0 Å². The quantitative estimate of drug-likeness (QED) is 0.716. The molecule has 1 unspecified atom stereocenters. The van der Waals surface area contributed by atoms with Gasteiger partial charge >= 0.3 is 0 Å². The first-order chi connectivity index (χ1) is 8.62. The smallest absolute Gasteiger partial charge is 0.231 e. The van der Waals surface area contributed by atoms with Gasteiger partial charge in [0, 0.05) is 11.7 Å². The molecule has 19 heavy (non-hydrogen) atoms. The van der Waals surface area contributed by atoms with Crippen LogP contribution in [0.3, 0.4) is 0 Å². The van der Waals surface area contributed by atoms with Crippen LogP contribution in [0.25, 0.3) is 0 Å². The Labute approximate surface area is 116 Å². The first kappa shape index (κ1) is 14.0. The van der Waals surface area contributed by atoms with Crippen molar-refractivity contribution >= 4 is 5.91 Å². The maximum Gasteiger partial charge on any atom is 0.231 e. The summed E-state index contributed by atoms with van der Waals surface area (Å²) in [6.07, 6.45) is 1.81. The number of rotatable bonds is 0. The van der Waals surface area contributed by atoms with Crippen molar-refractivity contribution < 1.29 is 4.79 Å². The van der Waals surface area contributed by atoms with Crippen molar-refractivity contribution in [1.29, 1.82) is 0 Å². The zero-order chi connectivity index (χ0) is 14.4. The minimum absolute atomic E-state index is 0.0984. The first-order valence-electron chi connectivity index (χ1n) is 6.87. The topological polar surface area (TPSA) is 33.2 Å². The molecule has 1 aromatic rings. The van der Waals surface area contributed by atoms with E-state index in [4.69, 9.17) is 0 Å². The van der Waals surface area contributed by atoms with Crippen molar-refractivity contribution in [3.63, 3.8) is 0 Å². The van der Waals surface area contributed by atoms with Crippen molar-refractivity contribution in [2.24, 2.45) is 5.41 Å². The Hall–Kier alpha value is -1.38. The number of fused-ring (bicyclic) bond motifs is 1. The molecule has 0 radical (unpaired) electrons. The van der Waals surface area contributed by atoms with Crippen molar-refractivity contribution in [3.05, 3.63) is 29.6 Å². The third-order valence-corrected chi connectivity index (χ3v) is 3.73. The molecule has 2 rings (SSSR count). The normalized spacial score (nSPS) is 20.4. The fourth-order valence-corrected chi connectivity index (χ4v) is 2.77. The summed E-state index contributed by atoms with van der Waals surface area (Å²) in [4.78, 5) is 19.3. The van der Waals surface area contributed by atoms with Gasteiger partial charge in [-0.15, -0.1) is 0 Å². The van der Waals surface area contributed by atoms with E-state index in [1.54, 1.807) is 0 Å². The van der Waals surface area contributed by atoms with E-state index < -0.39 is 0 Å². The van der Waals surface area contributed by atoms with Crippen LogP contribution in [0.15, 0.2) is 18.3 Å². The molecule has 0 saturated heterocycles. The SMILES string of the molecule is CC(C)(C)C1C(=O)N(C(C)(C)C)Cc2ncccc21. The van der Waals surface area contributed by atoms with Crippen LogP contribution in [-0.2, 0) is 11.3 Å². The van der Waals surface area contributed by atoms with Gasteiger partial charge in [0.2, 0.25) is 5.91 Å². The molecule has 1 amide bonds. The number of amides is 1. The van der Waals surface area contributed by atoms with Gasteiger partial charge in [0.25, 0.3) is 0 Å². The Bertz CT molecular complexity index is 494. The highest BCUT2D eigenvalue weighted by atomic mass is 16.2.